The number of benzene rings is 1. The molecule has 0 spiro atoms. The number of likely N-dealkylation sites (N-methyl/N-ethyl adjacent to an activating group) is 1. The third kappa shape index (κ3) is 4.34. The second kappa shape index (κ2) is 6.78. The van der Waals surface area contributed by atoms with E-state index in [0.717, 1.165) is 39.3 Å². The summed E-state index contributed by atoms with van der Waals surface area (Å²) in [6, 6.07) is 5.05. The third-order valence-electron chi connectivity index (χ3n) is 3.75. The second-order valence-electron chi connectivity index (χ2n) is 5.83. The summed E-state index contributed by atoms with van der Waals surface area (Å²) < 4.78 is 0. The third-order valence-corrected chi connectivity index (χ3v) is 3.75. The lowest BCUT2D eigenvalue weighted by molar-refractivity contribution is 0.0630. The lowest BCUT2D eigenvalue weighted by Gasteiger charge is -2.35. The lowest BCUT2D eigenvalue weighted by Crippen LogP contribution is -2.50. The highest BCUT2D eigenvalue weighted by atomic mass is 16.2. The molecule has 21 heavy (non-hydrogen) atoms. The summed E-state index contributed by atoms with van der Waals surface area (Å²) in [5.41, 5.74) is 13.1. The van der Waals surface area contributed by atoms with Crippen LogP contribution in [0.3, 0.4) is 0 Å². The van der Waals surface area contributed by atoms with Crippen molar-refractivity contribution in [3.05, 3.63) is 23.8 Å². The zero-order valence-electron chi connectivity index (χ0n) is 12.9. The number of nitrogen functional groups attached to an aromatic ring is 2. The van der Waals surface area contributed by atoms with Crippen LogP contribution in [0.15, 0.2) is 18.2 Å². The lowest BCUT2D eigenvalue weighted by atomic mass is 10.1. The maximum Gasteiger partial charge on any atom is 0.254 e. The van der Waals surface area contributed by atoms with Crippen LogP contribution in [0.5, 0.6) is 0 Å². The average Bonchev–Trinajstić information content (AvgIpc) is 2.44. The van der Waals surface area contributed by atoms with Crippen LogP contribution in [-0.4, -0.2) is 74.0 Å². The van der Waals surface area contributed by atoms with E-state index in [1.807, 2.05) is 4.90 Å². The minimum atomic E-state index is 0.0151. The first-order valence-electron chi connectivity index (χ1n) is 7.28. The van der Waals surface area contributed by atoms with E-state index in [4.69, 9.17) is 11.5 Å². The van der Waals surface area contributed by atoms with Crippen LogP contribution in [-0.2, 0) is 0 Å². The number of hydrogen-bond acceptors (Lipinski definition) is 5. The molecule has 1 saturated heterocycles. The Balaban J connectivity index is 1.91. The Morgan fingerprint density at radius 2 is 1.67 bits per heavy atom. The first kappa shape index (κ1) is 15.6. The van der Waals surface area contributed by atoms with E-state index >= 15 is 0 Å². The van der Waals surface area contributed by atoms with Gasteiger partial charge in [-0.15, -0.1) is 0 Å². The molecule has 0 aliphatic carbocycles. The molecule has 1 fully saturated rings. The quantitative estimate of drug-likeness (QED) is 0.773. The fraction of sp³-hybridized carbons (Fsp3) is 0.533. The minimum Gasteiger partial charge on any atom is -0.399 e. The molecule has 0 saturated carbocycles. The van der Waals surface area contributed by atoms with Crippen LogP contribution in [0.25, 0.3) is 0 Å². The number of hydrogen-bond donors (Lipinski definition) is 2. The number of anilines is 2. The van der Waals surface area contributed by atoms with Crippen LogP contribution in [0.2, 0.25) is 0 Å². The summed E-state index contributed by atoms with van der Waals surface area (Å²) in [6.45, 7) is 5.41. The molecule has 1 aromatic rings. The largest absolute Gasteiger partial charge is 0.399 e. The molecule has 1 aliphatic rings. The van der Waals surface area contributed by atoms with Gasteiger partial charge in [0.15, 0.2) is 0 Å². The molecule has 1 aliphatic heterocycles. The van der Waals surface area contributed by atoms with Crippen LogP contribution in [0.4, 0.5) is 11.4 Å². The number of nitrogens with zero attached hydrogens (tertiary/aromatic N) is 3. The molecule has 0 unspecified atom stereocenters. The van der Waals surface area contributed by atoms with Crippen molar-refractivity contribution in [3.8, 4) is 0 Å². The van der Waals surface area contributed by atoms with Crippen LogP contribution in [0, 0.1) is 0 Å². The van der Waals surface area contributed by atoms with Gasteiger partial charge >= 0.3 is 0 Å². The van der Waals surface area contributed by atoms with Gasteiger partial charge in [0, 0.05) is 56.2 Å². The normalized spacial score (nSPS) is 16.4. The van der Waals surface area contributed by atoms with Crippen molar-refractivity contribution in [2.24, 2.45) is 0 Å². The molecule has 0 bridgehead atoms. The van der Waals surface area contributed by atoms with Crippen molar-refractivity contribution in [3.63, 3.8) is 0 Å². The van der Waals surface area contributed by atoms with Crippen molar-refractivity contribution in [2.75, 3.05) is 64.8 Å². The molecule has 0 radical (unpaired) electrons. The van der Waals surface area contributed by atoms with Crippen molar-refractivity contribution in [1.82, 2.24) is 14.7 Å². The number of rotatable bonds is 4. The number of amides is 1. The van der Waals surface area contributed by atoms with E-state index in [-0.39, 0.29) is 5.91 Å². The zero-order chi connectivity index (χ0) is 15.4. The van der Waals surface area contributed by atoms with Crippen molar-refractivity contribution >= 4 is 17.3 Å². The molecule has 0 aromatic heterocycles. The molecule has 2 rings (SSSR count). The molecule has 0 atom stereocenters. The summed E-state index contributed by atoms with van der Waals surface area (Å²) in [7, 11) is 4.15. The highest BCUT2D eigenvalue weighted by molar-refractivity contribution is 5.96. The summed E-state index contributed by atoms with van der Waals surface area (Å²) in [4.78, 5) is 18.9. The SMILES string of the molecule is CN(C)CCN1CCN(C(=O)c2cc(N)cc(N)c2)CC1. The van der Waals surface area contributed by atoms with Gasteiger partial charge in [-0.2, -0.15) is 0 Å². The van der Waals surface area contributed by atoms with Gasteiger partial charge in [-0.1, -0.05) is 0 Å². The Labute approximate surface area is 126 Å². The monoisotopic (exact) mass is 291 g/mol. The number of carbonyl (C=O) groups excluding carboxylic acids is 1. The Kier molecular flexibility index (Phi) is 5.03. The highest BCUT2D eigenvalue weighted by Crippen LogP contribution is 2.16. The number of piperazine rings is 1. The second-order valence-corrected chi connectivity index (χ2v) is 5.83. The summed E-state index contributed by atoms with van der Waals surface area (Å²) in [5, 5.41) is 0. The van der Waals surface area contributed by atoms with E-state index < -0.39 is 0 Å². The average molecular weight is 291 g/mol. The molecular formula is C15H25N5O. The topological polar surface area (TPSA) is 78.8 Å². The van der Waals surface area contributed by atoms with Gasteiger partial charge < -0.3 is 21.3 Å². The van der Waals surface area contributed by atoms with Gasteiger partial charge in [0.25, 0.3) is 5.91 Å². The molecule has 1 heterocycles. The fourth-order valence-electron chi connectivity index (χ4n) is 2.50. The standard InChI is InChI=1S/C15H25N5O/c1-18(2)3-4-19-5-7-20(8-6-19)15(21)12-9-13(16)11-14(17)10-12/h9-11H,3-8,16-17H2,1-2H3. The van der Waals surface area contributed by atoms with Gasteiger partial charge in [0.05, 0.1) is 0 Å². The summed E-state index contributed by atoms with van der Waals surface area (Å²) in [5.74, 6) is 0.0151. The Morgan fingerprint density at radius 3 is 2.19 bits per heavy atom. The smallest absolute Gasteiger partial charge is 0.254 e. The van der Waals surface area contributed by atoms with Crippen molar-refractivity contribution < 1.29 is 4.79 Å². The van der Waals surface area contributed by atoms with E-state index in [0.29, 0.717) is 16.9 Å². The van der Waals surface area contributed by atoms with E-state index in [2.05, 4.69) is 23.9 Å². The fourth-order valence-corrected chi connectivity index (χ4v) is 2.50. The maximum atomic E-state index is 12.5. The van der Waals surface area contributed by atoms with Gasteiger partial charge in [-0.3, -0.25) is 9.69 Å². The van der Waals surface area contributed by atoms with Crippen molar-refractivity contribution in [2.45, 2.75) is 0 Å². The van der Waals surface area contributed by atoms with Crippen LogP contribution in [0.1, 0.15) is 10.4 Å². The molecule has 1 aromatic carbocycles. The molecule has 4 N–H and O–H groups in total. The van der Waals surface area contributed by atoms with E-state index in [1.165, 1.54) is 0 Å². The van der Waals surface area contributed by atoms with Crippen LogP contribution < -0.4 is 11.5 Å². The van der Waals surface area contributed by atoms with Crippen molar-refractivity contribution in [1.29, 1.82) is 0 Å². The van der Waals surface area contributed by atoms with Gasteiger partial charge in [0.2, 0.25) is 0 Å². The summed E-state index contributed by atoms with van der Waals surface area (Å²) in [6.07, 6.45) is 0. The molecule has 116 valence electrons. The van der Waals surface area contributed by atoms with E-state index in [1.54, 1.807) is 18.2 Å². The predicted octanol–water partition coefficient (Wildman–Crippen LogP) is 0.170. The Bertz CT molecular complexity index is 475. The summed E-state index contributed by atoms with van der Waals surface area (Å²) >= 11 is 0. The maximum absolute atomic E-state index is 12.5. The minimum absolute atomic E-state index is 0.0151. The van der Waals surface area contributed by atoms with E-state index in [9.17, 15) is 4.79 Å². The Hall–Kier alpha value is -1.79. The molecule has 6 nitrogen and oxygen atoms in total. The molecule has 6 heteroatoms. The first-order chi connectivity index (χ1) is 9.95. The van der Waals surface area contributed by atoms with Crippen LogP contribution >= 0.6 is 0 Å². The molecule has 1 amide bonds. The predicted molar refractivity (Wildman–Crippen MR) is 86.2 cm³/mol. The highest BCUT2D eigenvalue weighted by Gasteiger charge is 2.22. The van der Waals surface area contributed by atoms with Gasteiger partial charge in [-0.25, -0.2) is 0 Å². The zero-order valence-corrected chi connectivity index (χ0v) is 12.9. The van der Waals surface area contributed by atoms with Gasteiger partial charge in [0.1, 0.15) is 0 Å². The number of carbonyl (C=O) groups is 1. The first-order valence-corrected chi connectivity index (χ1v) is 7.28. The van der Waals surface area contributed by atoms with Gasteiger partial charge in [-0.05, 0) is 32.3 Å². The molecular weight excluding hydrogens is 266 g/mol. The Morgan fingerprint density at radius 1 is 1.10 bits per heavy atom. The number of nitrogens with two attached hydrogens (primary N) is 2.